The standard InChI is InChI=1S/C15H12N6O2/c1-19-14(22)9-3-10(15(23)20-2)5-12(4-9)21-13(8-18)11(6-16)7-17/h3-5,21H,1-2H3,(H,19,22)(H,20,23). The largest absolute Gasteiger partial charge is 0.355 e. The molecule has 0 aliphatic carbocycles. The molecule has 2 amide bonds. The summed E-state index contributed by atoms with van der Waals surface area (Å²) in [5, 5.41) is 34.1. The lowest BCUT2D eigenvalue weighted by Crippen LogP contribution is -2.21. The van der Waals surface area contributed by atoms with E-state index in [0.29, 0.717) is 0 Å². The molecule has 1 rings (SSSR count). The molecule has 0 unspecified atom stereocenters. The zero-order chi connectivity index (χ0) is 17.4. The van der Waals surface area contributed by atoms with Gasteiger partial charge in [0.1, 0.15) is 23.9 Å². The molecule has 0 bridgehead atoms. The molecule has 3 N–H and O–H groups in total. The normalized spacial score (nSPS) is 8.65. The summed E-state index contributed by atoms with van der Waals surface area (Å²) in [5.74, 6) is -0.857. The van der Waals surface area contributed by atoms with Crippen molar-refractivity contribution in [2.75, 3.05) is 19.4 Å². The highest BCUT2D eigenvalue weighted by Crippen LogP contribution is 2.18. The van der Waals surface area contributed by atoms with E-state index in [1.807, 2.05) is 0 Å². The molecule has 8 heteroatoms. The van der Waals surface area contributed by atoms with Crippen LogP contribution in [0.15, 0.2) is 29.5 Å². The van der Waals surface area contributed by atoms with Crippen LogP contribution in [0, 0.1) is 34.0 Å². The fourth-order valence-electron chi connectivity index (χ4n) is 1.68. The van der Waals surface area contributed by atoms with Crippen molar-refractivity contribution in [3.05, 3.63) is 40.6 Å². The predicted octanol–water partition coefficient (Wildman–Crippen LogP) is 0.643. The van der Waals surface area contributed by atoms with Crippen molar-refractivity contribution in [1.29, 1.82) is 15.8 Å². The average molecular weight is 308 g/mol. The van der Waals surface area contributed by atoms with Crippen molar-refractivity contribution < 1.29 is 9.59 Å². The van der Waals surface area contributed by atoms with E-state index in [9.17, 15) is 9.59 Å². The zero-order valence-electron chi connectivity index (χ0n) is 12.4. The predicted molar refractivity (Wildman–Crippen MR) is 80.7 cm³/mol. The molecule has 0 aliphatic rings. The van der Waals surface area contributed by atoms with Crippen LogP contribution in [-0.2, 0) is 0 Å². The van der Waals surface area contributed by atoms with E-state index in [1.54, 1.807) is 18.2 Å². The van der Waals surface area contributed by atoms with Crippen LogP contribution in [0.2, 0.25) is 0 Å². The Morgan fingerprint density at radius 2 is 1.35 bits per heavy atom. The van der Waals surface area contributed by atoms with Gasteiger partial charge in [0.05, 0.1) is 0 Å². The number of benzene rings is 1. The van der Waals surface area contributed by atoms with Crippen LogP contribution in [-0.4, -0.2) is 25.9 Å². The summed E-state index contributed by atoms with van der Waals surface area (Å²) in [7, 11) is 2.87. The fraction of sp³-hybridized carbons (Fsp3) is 0.133. The lowest BCUT2D eigenvalue weighted by Gasteiger charge is -2.10. The second kappa shape index (κ2) is 7.82. The van der Waals surface area contributed by atoms with Gasteiger partial charge >= 0.3 is 0 Å². The van der Waals surface area contributed by atoms with Crippen molar-refractivity contribution in [2.45, 2.75) is 0 Å². The van der Waals surface area contributed by atoms with E-state index >= 15 is 0 Å². The quantitative estimate of drug-likeness (QED) is 0.697. The molecule has 0 fully saturated rings. The van der Waals surface area contributed by atoms with Gasteiger partial charge in [0.15, 0.2) is 5.57 Å². The molecule has 1 aromatic rings. The highest BCUT2D eigenvalue weighted by atomic mass is 16.2. The molecule has 0 atom stereocenters. The van der Waals surface area contributed by atoms with Gasteiger partial charge in [-0.15, -0.1) is 0 Å². The number of nitrogens with one attached hydrogen (secondary N) is 3. The first-order valence-corrected chi connectivity index (χ1v) is 6.31. The van der Waals surface area contributed by atoms with E-state index in [-0.39, 0.29) is 22.5 Å². The van der Waals surface area contributed by atoms with Crippen LogP contribution in [0.25, 0.3) is 0 Å². The molecule has 1 aromatic carbocycles. The first-order valence-electron chi connectivity index (χ1n) is 6.31. The number of allylic oxidation sites excluding steroid dienone is 2. The molecular weight excluding hydrogens is 296 g/mol. The van der Waals surface area contributed by atoms with E-state index in [0.717, 1.165) is 0 Å². The minimum Gasteiger partial charge on any atom is -0.355 e. The molecule has 0 saturated carbocycles. The number of carbonyl (C=O) groups excluding carboxylic acids is 2. The van der Waals surface area contributed by atoms with Gasteiger partial charge in [0, 0.05) is 30.9 Å². The summed E-state index contributed by atoms with van der Waals surface area (Å²) in [4.78, 5) is 23.6. The maximum absolute atomic E-state index is 11.8. The number of amides is 2. The Kier molecular flexibility index (Phi) is 5.86. The van der Waals surface area contributed by atoms with Crippen LogP contribution in [0.4, 0.5) is 5.69 Å². The molecule has 23 heavy (non-hydrogen) atoms. The molecule has 0 aliphatic heterocycles. The minimum atomic E-state index is -0.429. The molecule has 0 heterocycles. The number of carbonyl (C=O) groups is 2. The van der Waals surface area contributed by atoms with E-state index in [2.05, 4.69) is 16.0 Å². The van der Waals surface area contributed by atoms with Gasteiger partial charge in [-0.1, -0.05) is 0 Å². The van der Waals surface area contributed by atoms with Crippen LogP contribution >= 0.6 is 0 Å². The Hall–Kier alpha value is -3.83. The van der Waals surface area contributed by atoms with Crippen LogP contribution in [0.3, 0.4) is 0 Å². The third-order valence-electron chi connectivity index (χ3n) is 2.77. The van der Waals surface area contributed by atoms with Gasteiger partial charge in [0.25, 0.3) is 11.8 Å². The Morgan fingerprint density at radius 3 is 1.70 bits per heavy atom. The smallest absolute Gasteiger partial charge is 0.251 e. The summed E-state index contributed by atoms with van der Waals surface area (Å²) < 4.78 is 0. The van der Waals surface area contributed by atoms with Crippen LogP contribution in [0.5, 0.6) is 0 Å². The second-order valence-electron chi connectivity index (χ2n) is 4.17. The van der Waals surface area contributed by atoms with Crippen LogP contribution < -0.4 is 16.0 Å². The van der Waals surface area contributed by atoms with Gasteiger partial charge in [-0.2, -0.15) is 15.8 Å². The average Bonchev–Trinajstić information content (AvgIpc) is 2.59. The Morgan fingerprint density at radius 1 is 0.870 bits per heavy atom. The lowest BCUT2D eigenvalue weighted by molar-refractivity contribution is 0.0962. The van der Waals surface area contributed by atoms with E-state index < -0.39 is 17.4 Å². The van der Waals surface area contributed by atoms with Crippen molar-refractivity contribution in [3.8, 4) is 18.2 Å². The third kappa shape index (κ3) is 4.07. The summed E-state index contributed by atoms with van der Waals surface area (Å²) in [5.41, 5.74) is -0.0804. The number of hydrogen-bond acceptors (Lipinski definition) is 6. The highest BCUT2D eigenvalue weighted by molar-refractivity contribution is 6.01. The van der Waals surface area contributed by atoms with Gasteiger partial charge in [-0.05, 0) is 18.2 Å². The third-order valence-corrected chi connectivity index (χ3v) is 2.77. The minimum absolute atomic E-state index is 0.184. The zero-order valence-corrected chi connectivity index (χ0v) is 12.4. The SMILES string of the molecule is CNC(=O)c1cc(NC(C#N)=C(C#N)C#N)cc(C(=O)NC)c1. The van der Waals surface area contributed by atoms with Crippen molar-refractivity contribution in [1.82, 2.24) is 10.6 Å². The Labute approximate surface area is 132 Å². The summed E-state index contributed by atoms with van der Waals surface area (Å²) in [6.45, 7) is 0. The first-order chi connectivity index (χ1) is 11.0. The highest BCUT2D eigenvalue weighted by Gasteiger charge is 2.13. The molecule has 0 radical (unpaired) electrons. The number of nitriles is 3. The summed E-state index contributed by atoms with van der Waals surface area (Å²) in [6.07, 6.45) is 0. The number of anilines is 1. The van der Waals surface area contributed by atoms with Gasteiger partial charge < -0.3 is 16.0 Å². The lowest BCUT2D eigenvalue weighted by atomic mass is 10.1. The maximum atomic E-state index is 11.8. The topological polar surface area (TPSA) is 142 Å². The van der Waals surface area contributed by atoms with Gasteiger partial charge in [-0.3, -0.25) is 9.59 Å². The molecule has 8 nitrogen and oxygen atoms in total. The number of hydrogen-bond donors (Lipinski definition) is 3. The van der Waals surface area contributed by atoms with E-state index in [4.69, 9.17) is 15.8 Å². The summed E-state index contributed by atoms with van der Waals surface area (Å²) in [6, 6.07) is 9.07. The Balaban J connectivity index is 3.42. The second-order valence-corrected chi connectivity index (χ2v) is 4.17. The van der Waals surface area contributed by atoms with E-state index in [1.165, 1.54) is 32.3 Å². The molecule has 0 spiro atoms. The fourth-order valence-corrected chi connectivity index (χ4v) is 1.68. The van der Waals surface area contributed by atoms with Crippen molar-refractivity contribution in [3.63, 3.8) is 0 Å². The van der Waals surface area contributed by atoms with Gasteiger partial charge in [0.2, 0.25) is 0 Å². The molecule has 114 valence electrons. The van der Waals surface area contributed by atoms with Crippen molar-refractivity contribution in [2.24, 2.45) is 0 Å². The monoisotopic (exact) mass is 308 g/mol. The number of nitrogens with zero attached hydrogens (tertiary/aromatic N) is 3. The molecule has 0 aromatic heterocycles. The number of rotatable bonds is 4. The Bertz CT molecular complexity index is 754. The molecular formula is C15H12N6O2. The van der Waals surface area contributed by atoms with Crippen LogP contribution in [0.1, 0.15) is 20.7 Å². The maximum Gasteiger partial charge on any atom is 0.251 e. The first kappa shape index (κ1) is 17.2. The summed E-state index contributed by atoms with van der Waals surface area (Å²) >= 11 is 0. The molecule has 0 saturated heterocycles. The van der Waals surface area contributed by atoms with Gasteiger partial charge in [-0.25, -0.2) is 0 Å². The van der Waals surface area contributed by atoms with Crippen molar-refractivity contribution >= 4 is 17.5 Å².